The highest BCUT2D eigenvalue weighted by Gasteiger charge is 2.08. The standard InChI is InChI=1S/C8H9BrN2O2/c1-13-6(12)4-5-2-3-11-8(10)7(5)9/h2-3H,4H2,1H3,(H2,10,11). The second-order valence-corrected chi connectivity index (χ2v) is 3.22. The second kappa shape index (κ2) is 4.23. The molecule has 0 saturated carbocycles. The van der Waals surface area contributed by atoms with Crippen molar-refractivity contribution in [3.63, 3.8) is 0 Å². The number of anilines is 1. The Bertz CT molecular complexity index is 328. The van der Waals surface area contributed by atoms with Gasteiger partial charge in [-0.2, -0.15) is 0 Å². The molecule has 0 bridgehead atoms. The third-order valence-corrected chi connectivity index (χ3v) is 2.47. The molecule has 0 aromatic carbocycles. The number of ether oxygens (including phenoxy) is 1. The van der Waals surface area contributed by atoms with Crippen molar-refractivity contribution in [1.29, 1.82) is 0 Å². The fraction of sp³-hybridized carbons (Fsp3) is 0.250. The molecule has 0 unspecified atom stereocenters. The minimum absolute atomic E-state index is 0.198. The van der Waals surface area contributed by atoms with E-state index in [4.69, 9.17) is 5.73 Å². The van der Waals surface area contributed by atoms with Crippen molar-refractivity contribution in [1.82, 2.24) is 4.98 Å². The van der Waals surface area contributed by atoms with E-state index in [0.717, 1.165) is 5.56 Å². The molecule has 70 valence electrons. The van der Waals surface area contributed by atoms with Gasteiger partial charge in [0.15, 0.2) is 0 Å². The van der Waals surface area contributed by atoms with Crippen LogP contribution in [0.1, 0.15) is 5.56 Å². The molecule has 0 atom stereocenters. The molecule has 0 aliphatic carbocycles. The Morgan fingerprint density at radius 2 is 2.46 bits per heavy atom. The van der Waals surface area contributed by atoms with Gasteiger partial charge in [0.05, 0.1) is 18.0 Å². The summed E-state index contributed by atoms with van der Waals surface area (Å²) < 4.78 is 5.18. The fourth-order valence-corrected chi connectivity index (χ4v) is 1.24. The van der Waals surface area contributed by atoms with Gasteiger partial charge in [0.2, 0.25) is 0 Å². The number of carbonyl (C=O) groups excluding carboxylic acids is 1. The number of esters is 1. The van der Waals surface area contributed by atoms with E-state index in [1.54, 1.807) is 12.3 Å². The topological polar surface area (TPSA) is 65.2 Å². The van der Waals surface area contributed by atoms with Crippen molar-refractivity contribution in [2.75, 3.05) is 12.8 Å². The average Bonchev–Trinajstić information content (AvgIpc) is 2.13. The van der Waals surface area contributed by atoms with Crippen LogP contribution in [0.3, 0.4) is 0 Å². The number of nitrogen functional groups attached to an aromatic ring is 1. The molecule has 13 heavy (non-hydrogen) atoms. The number of nitrogens with zero attached hydrogens (tertiary/aromatic N) is 1. The number of rotatable bonds is 2. The third kappa shape index (κ3) is 2.42. The number of aromatic nitrogens is 1. The number of methoxy groups -OCH3 is 1. The van der Waals surface area contributed by atoms with Gasteiger partial charge in [0, 0.05) is 6.20 Å². The Hall–Kier alpha value is -1.10. The van der Waals surface area contributed by atoms with Crippen LogP contribution in [0.25, 0.3) is 0 Å². The highest BCUT2D eigenvalue weighted by Crippen LogP contribution is 2.21. The Balaban J connectivity index is 2.89. The summed E-state index contributed by atoms with van der Waals surface area (Å²) in [4.78, 5) is 14.8. The maximum absolute atomic E-state index is 10.9. The summed E-state index contributed by atoms with van der Waals surface area (Å²) in [6.07, 6.45) is 1.75. The normalized spacial score (nSPS) is 9.69. The SMILES string of the molecule is COC(=O)Cc1ccnc(N)c1Br. The van der Waals surface area contributed by atoms with Gasteiger partial charge in [-0.1, -0.05) is 0 Å². The molecule has 4 nitrogen and oxygen atoms in total. The molecule has 1 aromatic heterocycles. The summed E-state index contributed by atoms with van der Waals surface area (Å²) in [6, 6.07) is 1.72. The summed E-state index contributed by atoms with van der Waals surface area (Å²) >= 11 is 3.24. The molecule has 5 heteroatoms. The largest absolute Gasteiger partial charge is 0.469 e. The highest BCUT2D eigenvalue weighted by molar-refractivity contribution is 9.10. The summed E-state index contributed by atoms with van der Waals surface area (Å²) in [6.45, 7) is 0. The summed E-state index contributed by atoms with van der Waals surface area (Å²) in [7, 11) is 1.35. The lowest BCUT2D eigenvalue weighted by Gasteiger charge is -2.04. The van der Waals surface area contributed by atoms with Crippen LogP contribution >= 0.6 is 15.9 Å². The molecule has 1 rings (SSSR count). The lowest BCUT2D eigenvalue weighted by Crippen LogP contribution is -2.06. The average molecular weight is 245 g/mol. The Labute approximate surface area is 84.2 Å². The van der Waals surface area contributed by atoms with Gasteiger partial charge in [0.1, 0.15) is 5.82 Å². The second-order valence-electron chi connectivity index (χ2n) is 2.42. The molecule has 1 aromatic rings. The van der Waals surface area contributed by atoms with Gasteiger partial charge in [-0.15, -0.1) is 0 Å². The summed E-state index contributed by atoms with van der Waals surface area (Å²) in [5, 5.41) is 0. The number of hydrogen-bond acceptors (Lipinski definition) is 4. The van der Waals surface area contributed by atoms with Crippen molar-refractivity contribution >= 4 is 27.7 Å². The predicted molar refractivity (Wildman–Crippen MR) is 52.1 cm³/mol. The molecule has 0 fully saturated rings. The first kappa shape index (κ1) is 9.98. The van der Waals surface area contributed by atoms with E-state index >= 15 is 0 Å². The lowest BCUT2D eigenvalue weighted by molar-refractivity contribution is -0.139. The molecule has 0 spiro atoms. The van der Waals surface area contributed by atoms with E-state index in [1.807, 2.05) is 0 Å². The van der Waals surface area contributed by atoms with Gasteiger partial charge in [-0.3, -0.25) is 4.79 Å². The van der Waals surface area contributed by atoms with Gasteiger partial charge >= 0.3 is 5.97 Å². The Morgan fingerprint density at radius 1 is 1.77 bits per heavy atom. The van der Waals surface area contributed by atoms with Crippen molar-refractivity contribution in [3.8, 4) is 0 Å². The molecule has 0 amide bonds. The number of nitrogens with two attached hydrogens (primary N) is 1. The van der Waals surface area contributed by atoms with E-state index < -0.39 is 0 Å². The van der Waals surface area contributed by atoms with Crippen molar-refractivity contribution in [2.45, 2.75) is 6.42 Å². The Kier molecular flexibility index (Phi) is 3.25. The minimum Gasteiger partial charge on any atom is -0.469 e. The van der Waals surface area contributed by atoms with Crippen LogP contribution in [0.5, 0.6) is 0 Å². The zero-order chi connectivity index (χ0) is 9.84. The molecule has 0 aliphatic heterocycles. The van der Waals surface area contributed by atoms with Crippen molar-refractivity contribution in [2.24, 2.45) is 0 Å². The van der Waals surface area contributed by atoms with Gasteiger partial charge in [0.25, 0.3) is 0 Å². The van der Waals surface area contributed by atoms with Crippen LogP contribution in [0.15, 0.2) is 16.7 Å². The van der Waals surface area contributed by atoms with Gasteiger partial charge in [-0.05, 0) is 27.6 Å². The van der Waals surface area contributed by atoms with Crippen LogP contribution < -0.4 is 5.73 Å². The van der Waals surface area contributed by atoms with Crippen LogP contribution in [0.4, 0.5) is 5.82 Å². The first-order chi connectivity index (χ1) is 6.15. The first-order valence-electron chi connectivity index (χ1n) is 3.61. The quantitative estimate of drug-likeness (QED) is 0.793. The number of hydrogen-bond donors (Lipinski definition) is 1. The third-order valence-electron chi connectivity index (χ3n) is 1.56. The van der Waals surface area contributed by atoms with Crippen LogP contribution in [-0.2, 0) is 16.0 Å². The van der Waals surface area contributed by atoms with E-state index in [-0.39, 0.29) is 12.4 Å². The molecule has 0 radical (unpaired) electrons. The molecule has 0 aliphatic rings. The molecular formula is C8H9BrN2O2. The molecule has 2 N–H and O–H groups in total. The minimum atomic E-state index is -0.300. The lowest BCUT2D eigenvalue weighted by atomic mass is 10.2. The number of carbonyl (C=O) groups is 1. The smallest absolute Gasteiger partial charge is 0.310 e. The molecule has 0 saturated heterocycles. The highest BCUT2D eigenvalue weighted by atomic mass is 79.9. The zero-order valence-corrected chi connectivity index (χ0v) is 8.67. The van der Waals surface area contributed by atoms with E-state index in [0.29, 0.717) is 10.3 Å². The Morgan fingerprint density at radius 3 is 3.08 bits per heavy atom. The number of pyridine rings is 1. The molecular weight excluding hydrogens is 236 g/mol. The maximum Gasteiger partial charge on any atom is 0.310 e. The van der Waals surface area contributed by atoms with Gasteiger partial charge in [-0.25, -0.2) is 4.98 Å². The van der Waals surface area contributed by atoms with E-state index in [9.17, 15) is 4.79 Å². The van der Waals surface area contributed by atoms with E-state index in [1.165, 1.54) is 7.11 Å². The van der Waals surface area contributed by atoms with Crippen molar-refractivity contribution < 1.29 is 9.53 Å². The number of halogens is 1. The first-order valence-corrected chi connectivity index (χ1v) is 4.40. The fourth-order valence-electron chi connectivity index (χ4n) is 0.866. The maximum atomic E-state index is 10.9. The predicted octanol–water partition coefficient (Wildman–Crippen LogP) is 1.14. The van der Waals surface area contributed by atoms with Crippen molar-refractivity contribution in [3.05, 3.63) is 22.3 Å². The molecule has 1 heterocycles. The monoisotopic (exact) mass is 244 g/mol. The van der Waals surface area contributed by atoms with Crippen LogP contribution in [0, 0.1) is 0 Å². The summed E-state index contributed by atoms with van der Waals surface area (Å²) in [5.74, 6) is 0.0766. The van der Waals surface area contributed by atoms with Crippen LogP contribution in [-0.4, -0.2) is 18.1 Å². The zero-order valence-electron chi connectivity index (χ0n) is 7.08. The van der Waals surface area contributed by atoms with Gasteiger partial charge < -0.3 is 10.5 Å². The summed E-state index contributed by atoms with van der Waals surface area (Å²) in [5.41, 5.74) is 6.30. The van der Waals surface area contributed by atoms with Crippen LogP contribution in [0.2, 0.25) is 0 Å². The van der Waals surface area contributed by atoms with E-state index in [2.05, 4.69) is 25.7 Å².